The lowest BCUT2D eigenvalue weighted by molar-refractivity contribution is 0.567. The van der Waals surface area contributed by atoms with Gasteiger partial charge in [-0.3, -0.25) is 4.98 Å². The Morgan fingerprint density at radius 2 is 2.18 bits per heavy atom. The Labute approximate surface area is 134 Å². The van der Waals surface area contributed by atoms with Gasteiger partial charge in [-0.05, 0) is 36.8 Å². The zero-order chi connectivity index (χ0) is 15.4. The average molecular weight is 313 g/mol. The number of nitrogens with one attached hydrogen (secondary N) is 1. The van der Waals surface area contributed by atoms with Crippen LogP contribution in [-0.4, -0.2) is 14.5 Å². The Bertz CT molecular complexity index is 723. The van der Waals surface area contributed by atoms with Crippen molar-refractivity contribution in [2.24, 2.45) is 0 Å². The molecule has 0 spiro atoms. The summed E-state index contributed by atoms with van der Waals surface area (Å²) in [6.45, 7) is 2.84. The number of imidazole rings is 1. The molecule has 22 heavy (non-hydrogen) atoms. The second-order valence-corrected chi connectivity index (χ2v) is 5.57. The van der Waals surface area contributed by atoms with Gasteiger partial charge in [0.05, 0.1) is 17.0 Å². The van der Waals surface area contributed by atoms with Gasteiger partial charge < -0.3 is 9.88 Å². The van der Waals surface area contributed by atoms with Gasteiger partial charge >= 0.3 is 0 Å². The van der Waals surface area contributed by atoms with Gasteiger partial charge in [-0.1, -0.05) is 23.7 Å². The SMILES string of the molecule is CC(NCc1ccc(Cl)cn1)c1cccc(-n2ccnc2)c1. The first-order chi connectivity index (χ1) is 10.7. The summed E-state index contributed by atoms with van der Waals surface area (Å²) in [5.41, 5.74) is 3.30. The minimum Gasteiger partial charge on any atom is -0.306 e. The smallest absolute Gasteiger partial charge is 0.0991 e. The van der Waals surface area contributed by atoms with E-state index < -0.39 is 0 Å². The van der Waals surface area contributed by atoms with Gasteiger partial charge in [-0.2, -0.15) is 0 Å². The van der Waals surface area contributed by atoms with Crippen LogP contribution in [0.1, 0.15) is 24.2 Å². The van der Waals surface area contributed by atoms with E-state index >= 15 is 0 Å². The highest BCUT2D eigenvalue weighted by Gasteiger charge is 2.07. The first-order valence-corrected chi connectivity index (χ1v) is 7.52. The fourth-order valence-corrected chi connectivity index (χ4v) is 2.36. The van der Waals surface area contributed by atoms with E-state index in [1.54, 1.807) is 18.7 Å². The minimum absolute atomic E-state index is 0.223. The van der Waals surface area contributed by atoms with E-state index in [1.165, 1.54) is 5.56 Å². The third-order valence-electron chi connectivity index (χ3n) is 3.55. The third kappa shape index (κ3) is 3.53. The predicted molar refractivity (Wildman–Crippen MR) is 88.1 cm³/mol. The molecule has 112 valence electrons. The van der Waals surface area contributed by atoms with Crippen LogP contribution in [0, 0.1) is 0 Å². The van der Waals surface area contributed by atoms with Crippen molar-refractivity contribution in [3.63, 3.8) is 0 Å². The van der Waals surface area contributed by atoms with Crippen molar-refractivity contribution < 1.29 is 0 Å². The van der Waals surface area contributed by atoms with Crippen molar-refractivity contribution in [1.29, 1.82) is 0 Å². The second-order valence-electron chi connectivity index (χ2n) is 5.14. The summed E-state index contributed by atoms with van der Waals surface area (Å²) in [5, 5.41) is 4.13. The van der Waals surface area contributed by atoms with Gasteiger partial charge in [0.1, 0.15) is 0 Å². The molecule has 2 aromatic heterocycles. The molecule has 1 unspecified atom stereocenters. The molecule has 0 fully saturated rings. The molecule has 4 nitrogen and oxygen atoms in total. The van der Waals surface area contributed by atoms with E-state index in [0.29, 0.717) is 11.6 Å². The molecule has 3 aromatic rings. The van der Waals surface area contributed by atoms with Gasteiger partial charge in [0.2, 0.25) is 0 Å². The van der Waals surface area contributed by atoms with E-state index in [-0.39, 0.29) is 6.04 Å². The molecule has 0 aliphatic carbocycles. The van der Waals surface area contributed by atoms with Crippen LogP contribution in [-0.2, 0) is 6.54 Å². The largest absolute Gasteiger partial charge is 0.306 e. The molecule has 0 saturated carbocycles. The number of hydrogen-bond donors (Lipinski definition) is 1. The molecule has 0 aliphatic rings. The molecule has 0 aliphatic heterocycles. The van der Waals surface area contributed by atoms with Gasteiger partial charge in [-0.25, -0.2) is 4.98 Å². The van der Waals surface area contributed by atoms with Crippen LogP contribution < -0.4 is 5.32 Å². The summed E-state index contributed by atoms with van der Waals surface area (Å²) in [7, 11) is 0. The lowest BCUT2D eigenvalue weighted by Crippen LogP contribution is -2.18. The maximum absolute atomic E-state index is 5.85. The molecule has 5 heteroatoms. The van der Waals surface area contributed by atoms with Crippen molar-refractivity contribution >= 4 is 11.6 Å². The molecular weight excluding hydrogens is 296 g/mol. The highest BCUT2D eigenvalue weighted by Crippen LogP contribution is 2.17. The number of hydrogen-bond acceptors (Lipinski definition) is 3. The highest BCUT2D eigenvalue weighted by molar-refractivity contribution is 6.30. The second kappa shape index (κ2) is 6.73. The van der Waals surface area contributed by atoms with Gasteiger partial charge in [0.25, 0.3) is 0 Å². The molecule has 0 saturated heterocycles. The summed E-state index contributed by atoms with van der Waals surface area (Å²) in [6.07, 6.45) is 7.19. The van der Waals surface area contributed by atoms with Crippen LogP contribution in [0.2, 0.25) is 5.02 Å². The van der Waals surface area contributed by atoms with Crippen LogP contribution in [0.15, 0.2) is 61.3 Å². The van der Waals surface area contributed by atoms with Crippen molar-refractivity contribution in [2.75, 3.05) is 0 Å². The van der Waals surface area contributed by atoms with Crippen molar-refractivity contribution in [1.82, 2.24) is 19.9 Å². The number of benzene rings is 1. The molecular formula is C17H17ClN4. The topological polar surface area (TPSA) is 42.7 Å². The predicted octanol–water partition coefficient (Wildman–Crippen LogP) is 3.77. The van der Waals surface area contributed by atoms with Gasteiger partial charge in [0.15, 0.2) is 0 Å². The number of nitrogens with zero attached hydrogens (tertiary/aromatic N) is 3. The molecule has 1 atom stereocenters. The average Bonchev–Trinajstić information content (AvgIpc) is 3.09. The minimum atomic E-state index is 0.223. The van der Waals surface area contributed by atoms with E-state index in [9.17, 15) is 0 Å². The molecule has 0 amide bonds. The van der Waals surface area contributed by atoms with Crippen molar-refractivity contribution in [2.45, 2.75) is 19.5 Å². The summed E-state index contributed by atoms with van der Waals surface area (Å²) >= 11 is 5.85. The lowest BCUT2D eigenvalue weighted by atomic mass is 10.1. The summed E-state index contributed by atoms with van der Waals surface area (Å²) < 4.78 is 2.00. The van der Waals surface area contributed by atoms with Crippen LogP contribution in [0.25, 0.3) is 5.69 Å². The molecule has 1 aromatic carbocycles. The summed E-state index contributed by atoms with van der Waals surface area (Å²) in [5.74, 6) is 0. The van der Waals surface area contributed by atoms with Crippen LogP contribution in [0.5, 0.6) is 0 Å². The van der Waals surface area contributed by atoms with Crippen LogP contribution in [0.3, 0.4) is 0 Å². The first-order valence-electron chi connectivity index (χ1n) is 7.14. The molecule has 0 radical (unpaired) electrons. The molecule has 1 N–H and O–H groups in total. The van der Waals surface area contributed by atoms with Crippen molar-refractivity contribution in [3.8, 4) is 5.69 Å². The third-order valence-corrected chi connectivity index (χ3v) is 3.77. The Kier molecular flexibility index (Phi) is 4.51. The van der Waals surface area contributed by atoms with E-state index in [2.05, 4.69) is 46.5 Å². The van der Waals surface area contributed by atoms with Crippen molar-refractivity contribution in [3.05, 3.63) is 77.6 Å². The number of halogens is 1. The summed E-state index contributed by atoms with van der Waals surface area (Å²) in [6, 6.07) is 12.4. The first kappa shape index (κ1) is 14.8. The van der Waals surface area contributed by atoms with Gasteiger partial charge in [-0.15, -0.1) is 0 Å². The van der Waals surface area contributed by atoms with E-state index in [1.807, 2.05) is 22.9 Å². The van der Waals surface area contributed by atoms with Crippen LogP contribution in [0.4, 0.5) is 0 Å². The normalized spacial score (nSPS) is 12.3. The zero-order valence-corrected chi connectivity index (χ0v) is 13.0. The highest BCUT2D eigenvalue weighted by atomic mass is 35.5. The van der Waals surface area contributed by atoms with E-state index in [0.717, 1.165) is 11.4 Å². The van der Waals surface area contributed by atoms with Gasteiger partial charge in [0, 0.05) is 36.9 Å². The Balaban J connectivity index is 1.68. The number of rotatable bonds is 5. The standard InChI is InChI=1S/C17H17ClN4/c1-13(20-11-16-6-5-15(18)10-21-16)14-3-2-4-17(9-14)22-8-7-19-12-22/h2-10,12-13,20H,11H2,1H3. The summed E-state index contributed by atoms with van der Waals surface area (Å²) in [4.78, 5) is 8.38. The fraction of sp³-hybridized carbons (Fsp3) is 0.176. The monoisotopic (exact) mass is 312 g/mol. The molecule has 2 heterocycles. The Morgan fingerprint density at radius 3 is 2.91 bits per heavy atom. The lowest BCUT2D eigenvalue weighted by Gasteiger charge is -2.15. The molecule has 0 bridgehead atoms. The quantitative estimate of drug-likeness (QED) is 0.780. The van der Waals surface area contributed by atoms with Crippen LogP contribution >= 0.6 is 11.6 Å². The Morgan fingerprint density at radius 1 is 1.27 bits per heavy atom. The Hall–Kier alpha value is -2.17. The maximum Gasteiger partial charge on any atom is 0.0991 e. The molecule has 3 rings (SSSR count). The number of pyridine rings is 1. The maximum atomic E-state index is 5.85. The fourth-order valence-electron chi connectivity index (χ4n) is 2.25. The zero-order valence-electron chi connectivity index (χ0n) is 12.3. The number of aromatic nitrogens is 3. The van der Waals surface area contributed by atoms with E-state index in [4.69, 9.17) is 11.6 Å².